The quantitative estimate of drug-likeness (QED) is 0.841. The lowest BCUT2D eigenvalue weighted by Gasteiger charge is -2.09. The van der Waals surface area contributed by atoms with Crippen molar-refractivity contribution in [2.24, 2.45) is 17.3 Å². The Morgan fingerprint density at radius 3 is 2.91 bits per heavy atom. The van der Waals surface area contributed by atoms with Gasteiger partial charge in [-0.1, -0.05) is 43.1 Å². The van der Waals surface area contributed by atoms with E-state index < -0.39 is 0 Å². The van der Waals surface area contributed by atoms with Crippen molar-refractivity contribution in [1.82, 2.24) is 9.78 Å². The predicted octanol–water partition coefficient (Wildman–Crippen LogP) is 4.52. The molecule has 0 saturated heterocycles. The van der Waals surface area contributed by atoms with Crippen LogP contribution in [0.15, 0.2) is 40.3 Å². The first-order valence-electron chi connectivity index (χ1n) is 7.27. The maximum atomic E-state index is 12.6. The van der Waals surface area contributed by atoms with Gasteiger partial charge in [0.05, 0.1) is 18.7 Å². The van der Waals surface area contributed by atoms with Crippen LogP contribution >= 0.6 is 34.5 Å². The lowest BCUT2D eigenvalue weighted by atomic mass is 10.1. The maximum absolute atomic E-state index is 12.6. The summed E-state index contributed by atoms with van der Waals surface area (Å²) in [5, 5.41) is 9.28. The molecule has 2 atom stereocenters. The van der Waals surface area contributed by atoms with Crippen LogP contribution in [-0.4, -0.2) is 15.7 Å². The number of rotatable bonds is 5. The number of amides is 1. The highest BCUT2D eigenvalue weighted by Gasteiger charge is 2.60. The molecular formula is C16H17Cl2N3OS. The van der Waals surface area contributed by atoms with Crippen LogP contribution in [0, 0.1) is 17.3 Å². The standard InChI is InChI=1S/C16H17Cl2N3OS/c1-16(2)11(8-12(17)18)14(16)15(22)20-13-5-6-19-21(13)9-10-4-3-7-23-10/h3-8,11,14H,9H2,1-2H3,(H,20,22)/t11-,14-/m1/s1. The summed E-state index contributed by atoms with van der Waals surface area (Å²) < 4.78 is 2.00. The first-order chi connectivity index (χ1) is 10.9. The van der Waals surface area contributed by atoms with Crippen LogP contribution < -0.4 is 5.32 Å². The van der Waals surface area contributed by atoms with Gasteiger partial charge in [-0.15, -0.1) is 11.3 Å². The zero-order valence-electron chi connectivity index (χ0n) is 12.8. The van der Waals surface area contributed by atoms with Crippen LogP contribution in [0.3, 0.4) is 0 Å². The molecule has 0 aliphatic heterocycles. The summed E-state index contributed by atoms with van der Waals surface area (Å²) in [6.07, 6.45) is 3.44. The lowest BCUT2D eigenvalue weighted by molar-refractivity contribution is -0.118. The minimum atomic E-state index is -0.141. The molecule has 4 nitrogen and oxygen atoms in total. The van der Waals surface area contributed by atoms with Crippen LogP contribution in [0.5, 0.6) is 0 Å². The highest BCUT2D eigenvalue weighted by atomic mass is 35.5. The molecule has 0 radical (unpaired) electrons. The van der Waals surface area contributed by atoms with Crippen molar-refractivity contribution in [3.63, 3.8) is 0 Å². The van der Waals surface area contributed by atoms with Crippen molar-refractivity contribution < 1.29 is 4.79 Å². The second-order valence-electron chi connectivity index (χ2n) is 6.22. The summed E-state index contributed by atoms with van der Waals surface area (Å²) in [5.74, 6) is 0.589. The average molecular weight is 370 g/mol. The molecule has 23 heavy (non-hydrogen) atoms. The van der Waals surface area contributed by atoms with Crippen LogP contribution in [0.1, 0.15) is 18.7 Å². The van der Waals surface area contributed by atoms with E-state index in [1.54, 1.807) is 34.4 Å². The van der Waals surface area contributed by atoms with E-state index >= 15 is 0 Å². The third-order valence-corrected chi connectivity index (χ3v) is 5.47. The van der Waals surface area contributed by atoms with Crippen LogP contribution in [0.2, 0.25) is 0 Å². The smallest absolute Gasteiger partial charge is 0.229 e. The predicted molar refractivity (Wildman–Crippen MR) is 94.8 cm³/mol. The van der Waals surface area contributed by atoms with Gasteiger partial charge in [0.15, 0.2) is 0 Å². The van der Waals surface area contributed by atoms with Crippen molar-refractivity contribution in [3.05, 3.63) is 45.2 Å². The minimum absolute atomic E-state index is 0.0289. The lowest BCUT2D eigenvalue weighted by Crippen LogP contribution is -2.19. The molecule has 2 aromatic heterocycles. The van der Waals surface area contributed by atoms with E-state index in [0.29, 0.717) is 12.4 Å². The molecule has 1 N–H and O–H groups in total. The third-order valence-electron chi connectivity index (χ3n) is 4.35. The van der Waals surface area contributed by atoms with Crippen molar-refractivity contribution in [2.75, 3.05) is 5.32 Å². The number of thiophene rings is 1. The van der Waals surface area contributed by atoms with Gasteiger partial charge >= 0.3 is 0 Å². The number of nitrogens with zero attached hydrogens (tertiary/aromatic N) is 2. The number of allylic oxidation sites excluding steroid dienone is 1. The molecule has 0 spiro atoms. The highest BCUT2D eigenvalue weighted by Crippen LogP contribution is 2.60. The van der Waals surface area contributed by atoms with Crippen molar-refractivity contribution in [1.29, 1.82) is 0 Å². The van der Waals surface area contributed by atoms with E-state index in [4.69, 9.17) is 23.2 Å². The molecule has 2 aromatic rings. The summed E-state index contributed by atoms with van der Waals surface area (Å²) in [7, 11) is 0. The first-order valence-corrected chi connectivity index (χ1v) is 8.91. The fourth-order valence-electron chi connectivity index (χ4n) is 2.94. The Bertz CT molecular complexity index is 732. The van der Waals surface area contributed by atoms with E-state index in [0.717, 1.165) is 0 Å². The monoisotopic (exact) mass is 369 g/mol. The molecular weight excluding hydrogens is 353 g/mol. The summed E-state index contributed by atoms with van der Waals surface area (Å²) in [5.41, 5.74) is -0.141. The summed E-state index contributed by atoms with van der Waals surface area (Å²) in [6, 6.07) is 5.85. The normalized spacial score (nSPS) is 21.7. The van der Waals surface area contributed by atoms with E-state index in [1.807, 2.05) is 31.4 Å². The Morgan fingerprint density at radius 2 is 2.26 bits per heavy atom. The van der Waals surface area contributed by atoms with Gasteiger partial charge in [0.2, 0.25) is 5.91 Å². The number of hydrogen-bond acceptors (Lipinski definition) is 3. The van der Waals surface area contributed by atoms with Gasteiger partial charge in [0.1, 0.15) is 10.3 Å². The fraction of sp³-hybridized carbons (Fsp3) is 0.375. The zero-order chi connectivity index (χ0) is 16.6. The largest absolute Gasteiger partial charge is 0.311 e. The summed E-state index contributed by atoms with van der Waals surface area (Å²) in [6.45, 7) is 4.72. The average Bonchev–Trinajstić information content (AvgIpc) is 2.91. The number of carbonyl (C=O) groups excluding carboxylic acids is 1. The molecule has 1 aliphatic carbocycles. The SMILES string of the molecule is CC1(C)[C@H](C=C(Cl)Cl)[C@@H]1C(=O)Nc1ccnn1Cc1cccs1. The van der Waals surface area contributed by atoms with Crippen LogP contribution in [-0.2, 0) is 11.3 Å². The molecule has 1 fully saturated rings. The maximum Gasteiger partial charge on any atom is 0.229 e. The van der Waals surface area contributed by atoms with E-state index in [1.165, 1.54) is 4.88 Å². The highest BCUT2D eigenvalue weighted by molar-refractivity contribution is 7.09. The van der Waals surface area contributed by atoms with Crippen molar-refractivity contribution in [3.8, 4) is 0 Å². The topological polar surface area (TPSA) is 46.9 Å². The van der Waals surface area contributed by atoms with Gasteiger partial charge in [0.25, 0.3) is 0 Å². The Morgan fingerprint density at radius 1 is 1.48 bits per heavy atom. The molecule has 1 aliphatic rings. The van der Waals surface area contributed by atoms with E-state index in [2.05, 4.69) is 10.4 Å². The third kappa shape index (κ3) is 3.47. The minimum Gasteiger partial charge on any atom is -0.311 e. The van der Waals surface area contributed by atoms with Crippen molar-refractivity contribution in [2.45, 2.75) is 20.4 Å². The molecule has 1 amide bonds. The molecule has 0 aromatic carbocycles. The fourth-order valence-corrected chi connectivity index (χ4v) is 3.90. The van der Waals surface area contributed by atoms with Crippen LogP contribution in [0.25, 0.3) is 0 Å². The van der Waals surface area contributed by atoms with Gasteiger partial charge in [-0.05, 0) is 28.9 Å². The Kier molecular flexibility index (Phi) is 4.54. The Hall–Kier alpha value is -1.30. The van der Waals surface area contributed by atoms with E-state index in [9.17, 15) is 4.79 Å². The first kappa shape index (κ1) is 16.6. The van der Waals surface area contributed by atoms with Crippen LogP contribution in [0.4, 0.5) is 5.82 Å². The molecule has 2 heterocycles. The summed E-state index contributed by atoms with van der Waals surface area (Å²) in [4.78, 5) is 13.8. The van der Waals surface area contributed by atoms with Crippen molar-refractivity contribution >= 4 is 46.3 Å². The number of nitrogens with one attached hydrogen (secondary N) is 1. The molecule has 0 bridgehead atoms. The second-order valence-corrected chi connectivity index (χ2v) is 8.26. The second kappa shape index (κ2) is 6.30. The molecule has 122 valence electrons. The van der Waals surface area contributed by atoms with Gasteiger partial charge in [-0.3, -0.25) is 4.79 Å². The van der Waals surface area contributed by atoms with E-state index in [-0.39, 0.29) is 27.6 Å². The van der Waals surface area contributed by atoms with Gasteiger partial charge in [-0.2, -0.15) is 5.10 Å². The molecule has 3 rings (SSSR count). The Labute approximate surface area is 149 Å². The number of carbonyl (C=O) groups is 1. The Balaban J connectivity index is 1.70. The number of aromatic nitrogens is 2. The number of halogens is 2. The molecule has 1 saturated carbocycles. The zero-order valence-corrected chi connectivity index (χ0v) is 15.1. The van der Waals surface area contributed by atoms with Gasteiger partial charge in [-0.25, -0.2) is 4.68 Å². The summed E-state index contributed by atoms with van der Waals surface area (Å²) >= 11 is 13.1. The van der Waals surface area contributed by atoms with Gasteiger partial charge < -0.3 is 5.32 Å². The van der Waals surface area contributed by atoms with Gasteiger partial charge in [0, 0.05) is 10.9 Å². The number of anilines is 1. The molecule has 7 heteroatoms. The molecule has 0 unspecified atom stereocenters. The number of hydrogen-bond donors (Lipinski definition) is 1.